The molecule has 154 valence electrons. The van der Waals surface area contributed by atoms with E-state index in [2.05, 4.69) is 16.4 Å². The van der Waals surface area contributed by atoms with Crippen molar-refractivity contribution in [3.8, 4) is 22.9 Å². The van der Waals surface area contributed by atoms with Gasteiger partial charge < -0.3 is 26.0 Å². The number of hydrogen-bond acceptors (Lipinski definition) is 7. The minimum atomic E-state index is -1.32. The molecule has 1 unspecified atom stereocenters. The Bertz CT molecular complexity index is 919. The van der Waals surface area contributed by atoms with Gasteiger partial charge in [-0.2, -0.15) is 5.26 Å². The zero-order chi connectivity index (χ0) is 21.7. The number of anilines is 1. The zero-order valence-corrected chi connectivity index (χ0v) is 16.8. The summed E-state index contributed by atoms with van der Waals surface area (Å²) in [6, 6.07) is 10.7. The summed E-state index contributed by atoms with van der Waals surface area (Å²) < 4.78 is 5.74. The van der Waals surface area contributed by atoms with E-state index in [0.29, 0.717) is 17.1 Å². The fourth-order valence-corrected chi connectivity index (χ4v) is 3.00. The van der Waals surface area contributed by atoms with E-state index in [1.807, 2.05) is 0 Å². The number of carbonyl (C=O) groups is 1. The van der Waals surface area contributed by atoms with Crippen LogP contribution in [0.3, 0.4) is 0 Å². The van der Waals surface area contributed by atoms with Gasteiger partial charge in [0.15, 0.2) is 0 Å². The first-order valence-corrected chi connectivity index (χ1v) is 9.08. The number of carbonyl (C=O) groups excluding carboxylic acids is 1. The molecule has 5 N–H and O–H groups in total. The summed E-state index contributed by atoms with van der Waals surface area (Å²) in [6.07, 6.45) is 1.70. The lowest BCUT2D eigenvalue weighted by Gasteiger charge is -2.32. The van der Waals surface area contributed by atoms with E-state index in [1.54, 1.807) is 43.5 Å². The van der Waals surface area contributed by atoms with Gasteiger partial charge in [-0.1, -0.05) is 6.07 Å². The molecule has 0 saturated heterocycles. The molecule has 0 radical (unpaired) electrons. The third kappa shape index (κ3) is 6.54. The third-order valence-electron chi connectivity index (χ3n) is 4.18. The summed E-state index contributed by atoms with van der Waals surface area (Å²) in [5.41, 5.74) is 5.83. The van der Waals surface area contributed by atoms with Gasteiger partial charge in [-0.15, -0.1) is 0 Å². The lowest BCUT2D eigenvalue weighted by molar-refractivity contribution is -0.114. The van der Waals surface area contributed by atoms with E-state index in [0.717, 1.165) is 11.1 Å². The number of pyridine rings is 1. The highest BCUT2D eigenvalue weighted by atomic mass is 16.5. The zero-order valence-electron chi connectivity index (χ0n) is 16.8. The predicted molar refractivity (Wildman–Crippen MR) is 109 cm³/mol. The summed E-state index contributed by atoms with van der Waals surface area (Å²) in [5.74, 6) is 0.567. The number of nitriles is 1. The number of rotatable bonds is 8. The number of aliphatic hydroxyl groups is 2. The molecule has 29 heavy (non-hydrogen) atoms. The number of amides is 1. The minimum absolute atomic E-state index is 0.0547. The van der Waals surface area contributed by atoms with Gasteiger partial charge in [0, 0.05) is 18.7 Å². The number of hydrogen-bond donors (Lipinski definition) is 4. The highest BCUT2D eigenvalue weighted by Crippen LogP contribution is 2.28. The Kier molecular flexibility index (Phi) is 6.93. The molecule has 8 nitrogen and oxygen atoms in total. The molecule has 1 heterocycles. The van der Waals surface area contributed by atoms with Crippen molar-refractivity contribution in [2.45, 2.75) is 38.3 Å². The molecular formula is C21H26N4O4. The van der Waals surface area contributed by atoms with Gasteiger partial charge in [-0.25, -0.2) is 4.98 Å². The van der Waals surface area contributed by atoms with E-state index in [1.165, 1.54) is 13.8 Å². The Balaban J connectivity index is 2.19. The highest BCUT2D eigenvalue weighted by molar-refractivity contribution is 5.88. The number of nitrogens with two attached hydrogens (primary N) is 1. The molecule has 1 amide bonds. The van der Waals surface area contributed by atoms with Crippen molar-refractivity contribution < 1.29 is 19.7 Å². The smallest absolute Gasteiger partial charge is 0.222 e. The van der Waals surface area contributed by atoms with Crippen molar-refractivity contribution in [3.05, 3.63) is 42.1 Å². The van der Waals surface area contributed by atoms with Crippen molar-refractivity contribution in [2.24, 2.45) is 5.73 Å². The molecule has 0 aliphatic heterocycles. The van der Waals surface area contributed by atoms with Crippen LogP contribution in [0.5, 0.6) is 5.75 Å². The lowest BCUT2D eigenvalue weighted by atomic mass is 9.88. The van der Waals surface area contributed by atoms with Crippen LogP contribution in [0.2, 0.25) is 0 Å². The molecule has 2 aromatic rings. The summed E-state index contributed by atoms with van der Waals surface area (Å²) in [4.78, 5) is 15.3. The van der Waals surface area contributed by atoms with E-state index in [4.69, 9.17) is 10.5 Å². The molecular weight excluding hydrogens is 372 g/mol. The van der Waals surface area contributed by atoms with Crippen LogP contribution in [0.25, 0.3) is 11.1 Å². The molecule has 0 spiro atoms. The third-order valence-corrected chi connectivity index (χ3v) is 4.18. The SMILES string of the molecule is CC(=O)Nc1cc(-c2ccc(OC[C@@](C)(N)CC(C)(O)CO)c(C#N)c2)ccn1. The Morgan fingerprint density at radius 2 is 2.00 bits per heavy atom. The number of aliphatic hydroxyl groups excluding tert-OH is 1. The molecule has 0 fully saturated rings. The van der Waals surface area contributed by atoms with Gasteiger partial charge in [0.05, 0.1) is 17.8 Å². The average Bonchev–Trinajstić information content (AvgIpc) is 2.65. The van der Waals surface area contributed by atoms with Crippen molar-refractivity contribution in [1.29, 1.82) is 5.26 Å². The second-order valence-corrected chi connectivity index (χ2v) is 7.71. The molecule has 0 saturated carbocycles. The monoisotopic (exact) mass is 398 g/mol. The summed E-state index contributed by atoms with van der Waals surface area (Å²) in [6.45, 7) is 4.25. The van der Waals surface area contributed by atoms with E-state index < -0.39 is 17.7 Å². The van der Waals surface area contributed by atoms with Crippen LogP contribution in [0.4, 0.5) is 5.82 Å². The van der Waals surface area contributed by atoms with Crippen LogP contribution in [-0.4, -0.2) is 45.5 Å². The Morgan fingerprint density at radius 1 is 1.31 bits per heavy atom. The van der Waals surface area contributed by atoms with Crippen LogP contribution in [0.15, 0.2) is 36.5 Å². The number of benzene rings is 1. The van der Waals surface area contributed by atoms with Gasteiger partial charge in [0.2, 0.25) is 5.91 Å². The highest BCUT2D eigenvalue weighted by Gasteiger charge is 2.31. The van der Waals surface area contributed by atoms with E-state index in [9.17, 15) is 20.3 Å². The van der Waals surface area contributed by atoms with Crippen molar-refractivity contribution >= 4 is 11.7 Å². The molecule has 0 bridgehead atoms. The first-order valence-electron chi connectivity index (χ1n) is 9.08. The molecule has 2 rings (SSSR count). The average molecular weight is 398 g/mol. The van der Waals surface area contributed by atoms with Gasteiger partial charge in [-0.05, 0) is 55.7 Å². The maximum absolute atomic E-state index is 11.2. The topological polar surface area (TPSA) is 141 Å². The van der Waals surface area contributed by atoms with Crippen LogP contribution in [0.1, 0.15) is 32.8 Å². The van der Waals surface area contributed by atoms with Gasteiger partial charge in [0.25, 0.3) is 0 Å². The summed E-state index contributed by atoms with van der Waals surface area (Å²) >= 11 is 0. The standard InChI is InChI=1S/C21H26N4O4/c1-14(27)25-19-9-16(6-7-24-19)15-4-5-18(17(8-15)10-22)29-13-20(2,23)11-21(3,28)12-26/h4-9,26,28H,11-13,23H2,1-3H3,(H,24,25,27)/t20-,21?/m0/s1. The van der Waals surface area contributed by atoms with Crippen LogP contribution in [0, 0.1) is 11.3 Å². The molecule has 1 aromatic carbocycles. The first kappa shape index (κ1) is 22.3. The maximum atomic E-state index is 11.2. The van der Waals surface area contributed by atoms with Crippen LogP contribution < -0.4 is 15.8 Å². The molecule has 8 heteroatoms. The maximum Gasteiger partial charge on any atom is 0.222 e. The molecule has 0 aliphatic rings. The van der Waals surface area contributed by atoms with Crippen molar-refractivity contribution in [1.82, 2.24) is 4.98 Å². The minimum Gasteiger partial charge on any atom is -0.490 e. The summed E-state index contributed by atoms with van der Waals surface area (Å²) in [7, 11) is 0. The largest absolute Gasteiger partial charge is 0.490 e. The Morgan fingerprint density at radius 3 is 2.62 bits per heavy atom. The van der Waals surface area contributed by atoms with Crippen molar-refractivity contribution in [2.75, 3.05) is 18.5 Å². The fraction of sp³-hybridized carbons (Fsp3) is 0.381. The second kappa shape index (κ2) is 9.01. The molecule has 2 atom stereocenters. The Hall–Kier alpha value is -2.99. The van der Waals surface area contributed by atoms with Crippen LogP contribution >= 0.6 is 0 Å². The van der Waals surface area contributed by atoms with Gasteiger partial charge >= 0.3 is 0 Å². The first-order chi connectivity index (χ1) is 13.5. The molecule has 0 aliphatic carbocycles. The Labute approximate surface area is 170 Å². The van der Waals surface area contributed by atoms with E-state index >= 15 is 0 Å². The lowest BCUT2D eigenvalue weighted by Crippen LogP contribution is -2.50. The fourth-order valence-electron chi connectivity index (χ4n) is 3.00. The molecule has 1 aromatic heterocycles. The number of ether oxygens (including phenoxy) is 1. The van der Waals surface area contributed by atoms with Gasteiger partial charge in [-0.3, -0.25) is 4.79 Å². The number of aromatic nitrogens is 1. The van der Waals surface area contributed by atoms with Gasteiger partial charge in [0.1, 0.15) is 24.2 Å². The predicted octanol–water partition coefficient (Wildman–Crippen LogP) is 1.81. The number of nitrogens with zero attached hydrogens (tertiary/aromatic N) is 2. The number of nitrogens with one attached hydrogen (secondary N) is 1. The van der Waals surface area contributed by atoms with Crippen LogP contribution in [-0.2, 0) is 4.79 Å². The summed E-state index contributed by atoms with van der Waals surface area (Å²) in [5, 5.41) is 31.4. The quantitative estimate of drug-likeness (QED) is 0.531. The van der Waals surface area contributed by atoms with E-state index in [-0.39, 0.29) is 18.9 Å². The normalized spacial score (nSPS) is 14.9. The second-order valence-electron chi connectivity index (χ2n) is 7.71. The van der Waals surface area contributed by atoms with Crippen molar-refractivity contribution in [3.63, 3.8) is 0 Å².